The summed E-state index contributed by atoms with van der Waals surface area (Å²) in [5, 5.41) is 9.47. The molecule has 0 spiro atoms. The molecule has 0 radical (unpaired) electrons. The number of halogens is 1. The van der Waals surface area contributed by atoms with Crippen molar-refractivity contribution in [3.05, 3.63) is 28.2 Å². The smallest absolute Gasteiger partial charge is 0.121 e. The van der Waals surface area contributed by atoms with Crippen LogP contribution in [0.1, 0.15) is 18.4 Å². The Morgan fingerprint density at radius 3 is 2.75 bits per heavy atom. The molecule has 0 amide bonds. The third-order valence-electron chi connectivity index (χ3n) is 1.71. The van der Waals surface area contributed by atoms with Gasteiger partial charge in [-0.1, -0.05) is 27.9 Å². The van der Waals surface area contributed by atoms with Crippen molar-refractivity contribution in [1.82, 2.24) is 0 Å². The highest BCUT2D eigenvalue weighted by molar-refractivity contribution is 9.10. The van der Waals surface area contributed by atoms with E-state index in [1.54, 1.807) is 6.07 Å². The maximum atomic E-state index is 9.47. The molecule has 12 heavy (non-hydrogen) atoms. The maximum Gasteiger partial charge on any atom is 0.121 e. The van der Waals surface area contributed by atoms with Crippen LogP contribution in [-0.4, -0.2) is 5.11 Å². The number of rotatable bonds is 1. The zero-order valence-corrected chi connectivity index (χ0v) is 8.30. The third-order valence-corrected chi connectivity index (χ3v) is 2.20. The van der Waals surface area contributed by atoms with Gasteiger partial charge in [-0.15, -0.1) is 6.42 Å². The predicted molar refractivity (Wildman–Crippen MR) is 53.1 cm³/mol. The van der Waals surface area contributed by atoms with Gasteiger partial charge in [0.15, 0.2) is 0 Å². The lowest BCUT2D eigenvalue weighted by atomic mass is 10.0. The predicted octanol–water partition coefficient (Wildman–Crippen LogP) is 2.89. The minimum Gasteiger partial charge on any atom is -0.508 e. The molecular weight excluding hydrogens is 216 g/mol. The zero-order chi connectivity index (χ0) is 9.14. The summed E-state index contributed by atoms with van der Waals surface area (Å²) in [5.74, 6) is 2.77. The largest absolute Gasteiger partial charge is 0.508 e. The number of phenols is 1. The average molecular weight is 225 g/mol. The standard InChI is InChI=1S/C10H9BrO/c1-3-7(2)9-5-4-8(11)6-10(9)12/h1,4-7,12H,2H3. The van der Waals surface area contributed by atoms with Gasteiger partial charge >= 0.3 is 0 Å². The van der Waals surface area contributed by atoms with Crippen molar-refractivity contribution in [2.75, 3.05) is 0 Å². The highest BCUT2D eigenvalue weighted by Gasteiger charge is 2.06. The Morgan fingerprint density at radius 2 is 2.25 bits per heavy atom. The molecule has 0 aliphatic heterocycles. The van der Waals surface area contributed by atoms with Crippen molar-refractivity contribution >= 4 is 15.9 Å². The molecule has 0 saturated heterocycles. The van der Waals surface area contributed by atoms with E-state index in [2.05, 4.69) is 21.9 Å². The summed E-state index contributed by atoms with van der Waals surface area (Å²) in [7, 11) is 0. The summed E-state index contributed by atoms with van der Waals surface area (Å²) in [5.41, 5.74) is 0.792. The first kappa shape index (κ1) is 9.15. The molecule has 1 aromatic carbocycles. The van der Waals surface area contributed by atoms with Crippen LogP contribution in [-0.2, 0) is 0 Å². The van der Waals surface area contributed by atoms with Crippen LogP contribution in [0.3, 0.4) is 0 Å². The van der Waals surface area contributed by atoms with Gasteiger partial charge in [-0.2, -0.15) is 0 Å². The molecule has 1 unspecified atom stereocenters. The Bertz CT molecular complexity index is 325. The fourth-order valence-corrected chi connectivity index (χ4v) is 1.32. The zero-order valence-electron chi connectivity index (χ0n) is 6.71. The van der Waals surface area contributed by atoms with Gasteiger partial charge < -0.3 is 5.11 Å². The number of terminal acetylenes is 1. The lowest BCUT2D eigenvalue weighted by Gasteiger charge is -2.06. The lowest BCUT2D eigenvalue weighted by Crippen LogP contribution is -1.89. The lowest BCUT2D eigenvalue weighted by molar-refractivity contribution is 0.467. The van der Waals surface area contributed by atoms with Crippen LogP contribution in [0.4, 0.5) is 0 Å². The van der Waals surface area contributed by atoms with Crippen LogP contribution in [0, 0.1) is 12.3 Å². The molecule has 1 N–H and O–H groups in total. The van der Waals surface area contributed by atoms with Crippen LogP contribution in [0.25, 0.3) is 0 Å². The van der Waals surface area contributed by atoms with Gasteiger partial charge in [-0.3, -0.25) is 0 Å². The van der Waals surface area contributed by atoms with E-state index < -0.39 is 0 Å². The molecule has 62 valence electrons. The van der Waals surface area contributed by atoms with Crippen LogP contribution in [0.5, 0.6) is 5.75 Å². The highest BCUT2D eigenvalue weighted by Crippen LogP contribution is 2.27. The van der Waals surface area contributed by atoms with E-state index in [1.807, 2.05) is 19.1 Å². The van der Waals surface area contributed by atoms with Gasteiger partial charge in [0.05, 0.1) is 0 Å². The van der Waals surface area contributed by atoms with Crippen molar-refractivity contribution in [3.8, 4) is 18.1 Å². The fourth-order valence-electron chi connectivity index (χ4n) is 0.973. The summed E-state index contributed by atoms with van der Waals surface area (Å²) in [6.45, 7) is 1.88. The third kappa shape index (κ3) is 1.80. The Balaban J connectivity index is 3.11. The second-order valence-electron chi connectivity index (χ2n) is 2.59. The van der Waals surface area contributed by atoms with Gasteiger partial charge in [0.25, 0.3) is 0 Å². The molecule has 0 fully saturated rings. The molecule has 1 nitrogen and oxygen atoms in total. The number of aromatic hydroxyl groups is 1. The Labute approximate surface area is 80.6 Å². The average Bonchev–Trinajstić information content (AvgIpc) is 2.03. The minimum atomic E-state index is -0.0434. The number of hydrogen-bond acceptors (Lipinski definition) is 1. The second-order valence-corrected chi connectivity index (χ2v) is 3.51. The SMILES string of the molecule is C#CC(C)c1ccc(Br)cc1O. The minimum absolute atomic E-state index is 0.0434. The summed E-state index contributed by atoms with van der Waals surface area (Å²) in [6.07, 6.45) is 5.24. The van der Waals surface area contributed by atoms with Crippen molar-refractivity contribution in [2.24, 2.45) is 0 Å². The van der Waals surface area contributed by atoms with Crippen LogP contribution in [0.2, 0.25) is 0 Å². The second kappa shape index (κ2) is 3.64. The molecule has 1 rings (SSSR count). The van der Waals surface area contributed by atoms with E-state index in [-0.39, 0.29) is 11.7 Å². The molecule has 0 saturated carbocycles. The van der Waals surface area contributed by atoms with Crippen molar-refractivity contribution in [3.63, 3.8) is 0 Å². The molecule has 2 heteroatoms. The van der Waals surface area contributed by atoms with E-state index in [9.17, 15) is 5.11 Å². The first-order chi connectivity index (χ1) is 5.65. The normalized spacial score (nSPS) is 12.1. The van der Waals surface area contributed by atoms with E-state index in [0.29, 0.717) is 0 Å². The first-order valence-corrected chi connectivity index (χ1v) is 4.39. The number of benzene rings is 1. The van der Waals surface area contributed by atoms with Crippen LogP contribution in [0.15, 0.2) is 22.7 Å². The van der Waals surface area contributed by atoms with Gasteiger partial charge in [-0.25, -0.2) is 0 Å². The van der Waals surface area contributed by atoms with Gasteiger partial charge in [-0.05, 0) is 19.1 Å². The van der Waals surface area contributed by atoms with Crippen molar-refractivity contribution < 1.29 is 5.11 Å². The fraction of sp³-hybridized carbons (Fsp3) is 0.200. The van der Waals surface area contributed by atoms with E-state index in [1.165, 1.54) is 0 Å². The van der Waals surface area contributed by atoms with E-state index in [0.717, 1.165) is 10.0 Å². The number of hydrogen-bond donors (Lipinski definition) is 1. The molecular formula is C10H9BrO. The van der Waals surface area contributed by atoms with Gasteiger partial charge in [0.2, 0.25) is 0 Å². The summed E-state index contributed by atoms with van der Waals surface area (Å²) in [4.78, 5) is 0. The van der Waals surface area contributed by atoms with Gasteiger partial charge in [0.1, 0.15) is 5.75 Å². The molecule has 0 bridgehead atoms. The molecule has 0 aromatic heterocycles. The Kier molecular flexibility index (Phi) is 2.78. The summed E-state index contributed by atoms with van der Waals surface area (Å²) in [6, 6.07) is 5.33. The van der Waals surface area contributed by atoms with Crippen LogP contribution < -0.4 is 0 Å². The number of phenolic OH excluding ortho intramolecular Hbond substituents is 1. The topological polar surface area (TPSA) is 20.2 Å². The Hall–Kier alpha value is -0.940. The van der Waals surface area contributed by atoms with Crippen molar-refractivity contribution in [1.29, 1.82) is 0 Å². The summed E-state index contributed by atoms with van der Waals surface area (Å²) < 4.78 is 0.855. The Morgan fingerprint density at radius 1 is 1.58 bits per heavy atom. The molecule has 1 aromatic rings. The highest BCUT2D eigenvalue weighted by atomic mass is 79.9. The maximum absolute atomic E-state index is 9.47. The molecule has 0 heterocycles. The summed E-state index contributed by atoms with van der Waals surface area (Å²) >= 11 is 3.26. The quantitative estimate of drug-likeness (QED) is 0.728. The molecule has 0 aliphatic carbocycles. The van der Waals surface area contributed by atoms with E-state index in [4.69, 9.17) is 6.42 Å². The van der Waals surface area contributed by atoms with Gasteiger partial charge in [0, 0.05) is 16.0 Å². The molecule has 0 aliphatic rings. The van der Waals surface area contributed by atoms with Crippen molar-refractivity contribution in [2.45, 2.75) is 12.8 Å². The van der Waals surface area contributed by atoms with Crippen LogP contribution >= 0.6 is 15.9 Å². The molecule has 1 atom stereocenters. The van der Waals surface area contributed by atoms with E-state index >= 15 is 0 Å². The first-order valence-electron chi connectivity index (χ1n) is 3.59. The monoisotopic (exact) mass is 224 g/mol.